The highest BCUT2D eigenvalue weighted by Gasteiger charge is 2.36. The van der Waals surface area contributed by atoms with Gasteiger partial charge in [0.2, 0.25) is 0 Å². The van der Waals surface area contributed by atoms with E-state index >= 15 is 0 Å². The topological polar surface area (TPSA) is 27.3 Å². The molecule has 3 nitrogen and oxygen atoms in total. The van der Waals surface area contributed by atoms with Gasteiger partial charge in [-0.15, -0.1) is 0 Å². The van der Waals surface area contributed by atoms with Crippen molar-refractivity contribution >= 4 is 0 Å². The molecule has 2 aliphatic heterocycles. The minimum Gasteiger partial charge on any atom is -0.316 e. The molecule has 2 atom stereocenters. The third-order valence-corrected chi connectivity index (χ3v) is 5.36. The Kier molecular flexibility index (Phi) is 3.92. The predicted molar refractivity (Wildman–Crippen MR) is 75.8 cm³/mol. The van der Waals surface area contributed by atoms with E-state index < -0.39 is 0 Å². The first kappa shape index (κ1) is 12.9. The lowest BCUT2D eigenvalue weighted by atomic mass is 9.78. The summed E-state index contributed by atoms with van der Waals surface area (Å²) in [6.07, 6.45) is 8.35. The number of likely N-dealkylation sites (tertiary alicyclic amines) is 1. The Morgan fingerprint density at radius 2 is 2.22 bits per heavy atom. The number of piperidine rings is 1. The monoisotopic (exact) mass is 251 g/mol. The number of hydrogen-bond donors (Lipinski definition) is 2. The van der Waals surface area contributed by atoms with E-state index in [1.807, 2.05) is 0 Å². The fourth-order valence-corrected chi connectivity index (χ4v) is 3.69. The summed E-state index contributed by atoms with van der Waals surface area (Å²) in [7, 11) is 0. The molecule has 3 fully saturated rings. The molecule has 3 heteroatoms. The second kappa shape index (κ2) is 5.48. The number of rotatable bonds is 5. The maximum atomic E-state index is 3.87. The van der Waals surface area contributed by atoms with Gasteiger partial charge in [0.05, 0.1) is 0 Å². The molecule has 3 aliphatic rings. The molecule has 2 N–H and O–H groups in total. The molecular weight excluding hydrogens is 222 g/mol. The highest BCUT2D eigenvalue weighted by atomic mass is 15.2. The molecule has 3 rings (SSSR count). The van der Waals surface area contributed by atoms with Crippen LogP contribution in [0.15, 0.2) is 0 Å². The molecule has 1 saturated carbocycles. The van der Waals surface area contributed by atoms with E-state index in [0.717, 1.165) is 12.1 Å². The first-order chi connectivity index (χ1) is 8.81. The molecule has 0 amide bonds. The smallest absolute Gasteiger partial charge is 0.0207 e. The van der Waals surface area contributed by atoms with Gasteiger partial charge in [-0.05, 0) is 50.5 Å². The van der Waals surface area contributed by atoms with Gasteiger partial charge >= 0.3 is 0 Å². The van der Waals surface area contributed by atoms with Crippen molar-refractivity contribution < 1.29 is 0 Å². The van der Waals surface area contributed by atoms with E-state index in [-0.39, 0.29) is 0 Å². The number of nitrogens with zero attached hydrogens (tertiary/aromatic N) is 1. The molecule has 2 heterocycles. The predicted octanol–water partition coefficient (Wildman–Crippen LogP) is 1.59. The molecule has 0 aromatic heterocycles. The fraction of sp³-hybridized carbons (Fsp3) is 1.00. The van der Waals surface area contributed by atoms with E-state index in [1.165, 1.54) is 71.2 Å². The van der Waals surface area contributed by atoms with Gasteiger partial charge in [0.1, 0.15) is 0 Å². The van der Waals surface area contributed by atoms with Crippen LogP contribution in [0.2, 0.25) is 0 Å². The highest BCUT2D eigenvalue weighted by Crippen LogP contribution is 2.31. The van der Waals surface area contributed by atoms with E-state index in [9.17, 15) is 0 Å². The number of hydrogen-bond acceptors (Lipinski definition) is 3. The highest BCUT2D eigenvalue weighted by molar-refractivity contribution is 4.93. The maximum Gasteiger partial charge on any atom is 0.0207 e. The van der Waals surface area contributed by atoms with Crippen molar-refractivity contribution in [2.24, 2.45) is 5.41 Å². The standard InChI is InChI=1S/C15H29N3/c1-2-15(7-3-8-16-11-15)12-17-13-6-9-18(10-13)14-4-5-14/h13-14,16-17H,2-12H2,1H3. The normalized spacial score (nSPS) is 38.2. The van der Waals surface area contributed by atoms with E-state index in [2.05, 4.69) is 22.5 Å². The molecule has 0 aromatic carbocycles. The van der Waals surface area contributed by atoms with Crippen LogP contribution in [0.1, 0.15) is 45.4 Å². The van der Waals surface area contributed by atoms with Crippen molar-refractivity contribution in [3.63, 3.8) is 0 Å². The molecule has 0 bridgehead atoms. The summed E-state index contributed by atoms with van der Waals surface area (Å²) in [6.45, 7) is 8.66. The van der Waals surface area contributed by atoms with Gasteiger partial charge in [-0.1, -0.05) is 6.92 Å². The van der Waals surface area contributed by atoms with Crippen molar-refractivity contribution in [2.45, 2.75) is 57.5 Å². The van der Waals surface area contributed by atoms with E-state index in [0.29, 0.717) is 5.41 Å². The van der Waals surface area contributed by atoms with Gasteiger partial charge in [0.25, 0.3) is 0 Å². The summed E-state index contributed by atoms with van der Waals surface area (Å²) in [5.74, 6) is 0. The lowest BCUT2D eigenvalue weighted by Gasteiger charge is -2.38. The second-order valence-electron chi connectivity index (χ2n) is 6.73. The Balaban J connectivity index is 1.45. The van der Waals surface area contributed by atoms with E-state index in [4.69, 9.17) is 0 Å². The van der Waals surface area contributed by atoms with Gasteiger partial charge in [0, 0.05) is 38.3 Å². The molecule has 1 aliphatic carbocycles. The van der Waals surface area contributed by atoms with Crippen LogP contribution in [0, 0.1) is 5.41 Å². The molecule has 104 valence electrons. The molecule has 0 radical (unpaired) electrons. The third kappa shape index (κ3) is 2.89. The molecule has 2 unspecified atom stereocenters. The zero-order chi connectivity index (χ0) is 12.4. The van der Waals surface area contributed by atoms with Crippen LogP contribution in [-0.2, 0) is 0 Å². The number of nitrogens with one attached hydrogen (secondary N) is 2. The first-order valence-electron chi connectivity index (χ1n) is 7.99. The van der Waals surface area contributed by atoms with Gasteiger partial charge in [-0.25, -0.2) is 0 Å². The Morgan fingerprint density at radius 3 is 2.89 bits per heavy atom. The van der Waals surface area contributed by atoms with Crippen LogP contribution < -0.4 is 10.6 Å². The zero-order valence-electron chi connectivity index (χ0n) is 11.9. The Hall–Kier alpha value is -0.120. The Bertz CT molecular complexity index is 269. The van der Waals surface area contributed by atoms with E-state index in [1.54, 1.807) is 0 Å². The zero-order valence-corrected chi connectivity index (χ0v) is 11.9. The van der Waals surface area contributed by atoms with Gasteiger partial charge in [-0.2, -0.15) is 0 Å². The van der Waals surface area contributed by atoms with Crippen LogP contribution in [-0.4, -0.2) is 49.7 Å². The van der Waals surface area contributed by atoms with Crippen LogP contribution in [0.4, 0.5) is 0 Å². The van der Waals surface area contributed by atoms with Gasteiger partial charge < -0.3 is 10.6 Å². The molecule has 18 heavy (non-hydrogen) atoms. The summed E-state index contributed by atoms with van der Waals surface area (Å²) in [5.41, 5.74) is 0.533. The van der Waals surface area contributed by atoms with Crippen molar-refractivity contribution in [1.29, 1.82) is 0 Å². The SMILES string of the molecule is CCC1(CNC2CCN(C3CC3)C2)CCCNC1. The lowest BCUT2D eigenvalue weighted by Crippen LogP contribution is -2.48. The summed E-state index contributed by atoms with van der Waals surface area (Å²) >= 11 is 0. The lowest BCUT2D eigenvalue weighted by molar-refractivity contribution is 0.185. The van der Waals surface area contributed by atoms with Crippen LogP contribution in [0.3, 0.4) is 0 Å². The van der Waals surface area contributed by atoms with Crippen molar-refractivity contribution in [2.75, 3.05) is 32.7 Å². The summed E-state index contributed by atoms with van der Waals surface area (Å²) in [5, 5.41) is 7.46. The van der Waals surface area contributed by atoms with Crippen molar-refractivity contribution in [1.82, 2.24) is 15.5 Å². The third-order valence-electron chi connectivity index (χ3n) is 5.36. The van der Waals surface area contributed by atoms with Crippen LogP contribution in [0.25, 0.3) is 0 Å². The average molecular weight is 251 g/mol. The maximum absolute atomic E-state index is 3.87. The fourth-order valence-electron chi connectivity index (χ4n) is 3.69. The van der Waals surface area contributed by atoms with Gasteiger partial charge in [-0.3, -0.25) is 4.90 Å². The molecular formula is C15H29N3. The quantitative estimate of drug-likeness (QED) is 0.777. The van der Waals surface area contributed by atoms with Crippen LogP contribution >= 0.6 is 0 Å². The first-order valence-corrected chi connectivity index (χ1v) is 7.99. The Labute approximate surface area is 112 Å². The van der Waals surface area contributed by atoms with Crippen molar-refractivity contribution in [3.8, 4) is 0 Å². The van der Waals surface area contributed by atoms with Crippen LogP contribution in [0.5, 0.6) is 0 Å². The summed E-state index contributed by atoms with van der Waals surface area (Å²) in [6, 6.07) is 1.71. The molecule has 0 aromatic rings. The molecule has 0 spiro atoms. The van der Waals surface area contributed by atoms with Gasteiger partial charge in [0.15, 0.2) is 0 Å². The Morgan fingerprint density at radius 1 is 1.33 bits per heavy atom. The summed E-state index contributed by atoms with van der Waals surface area (Å²) in [4.78, 5) is 2.70. The largest absolute Gasteiger partial charge is 0.316 e. The minimum atomic E-state index is 0.533. The second-order valence-corrected chi connectivity index (χ2v) is 6.73. The average Bonchev–Trinajstić information content (AvgIpc) is 3.17. The summed E-state index contributed by atoms with van der Waals surface area (Å²) < 4.78 is 0. The molecule has 2 saturated heterocycles. The minimum absolute atomic E-state index is 0.533. The van der Waals surface area contributed by atoms with Crippen molar-refractivity contribution in [3.05, 3.63) is 0 Å².